The van der Waals surface area contributed by atoms with E-state index in [2.05, 4.69) is 20.4 Å². The Balaban J connectivity index is 1.42. The number of rotatable bonds is 5. The predicted molar refractivity (Wildman–Crippen MR) is 86.1 cm³/mol. The second kappa shape index (κ2) is 6.77. The topological polar surface area (TPSA) is 93.0 Å². The minimum atomic E-state index is -0.185. The normalized spacial score (nSPS) is 14.3. The maximum atomic E-state index is 12.1. The van der Waals surface area contributed by atoms with Gasteiger partial charge < -0.3 is 10.2 Å². The minimum absolute atomic E-state index is 0.0280. The quantitative estimate of drug-likeness (QED) is 0.845. The molecule has 8 nitrogen and oxygen atoms in total. The van der Waals surface area contributed by atoms with E-state index in [1.54, 1.807) is 4.90 Å². The molecule has 1 fully saturated rings. The van der Waals surface area contributed by atoms with Gasteiger partial charge in [-0.3, -0.25) is 19.3 Å². The first-order valence-corrected chi connectivity index (χ1v) is 7.88. The molecule has 0 atom stereocenters. The summed E-state index contributed by atoms with van der Waals surface area (Å²) in [5.74, 6) is -0.374. The molecule has 2 aromatic rings. The van der Waals surface area contributed by atoms with Crippen LogP contribution < -0.4 is 5.32 Å². The molecular formula is C16H20N6O2. The highest BCUT2D eigenvalue weighted by Gasteiger charge is 2.36. The lowest BCUT2D eigenvalue weighted by molar-refractivity contribution is -0.129. The van der Waals surface area contributed by atoms with E-state index < -0.39 is 0 Å². The van der Waals surface area contributed by atoms with Crippen LogP contribution in [0.5, 0.6) is 0 Å². The van der Waals surface area contributed by atoms with Crippen molar-refractivity contribution < 1.29 is 9.59 Å². The summed E-state index contributed by atoms with van der Waals surface area (Å²) in [6.45, 7) is 5.93. The standard InChI is InChI=1S/C16H20N6O2/c1-11-7-12(2)22(20-11)6-5-19-15(23)13-9-21(10-13)16(24)14-8-17-3-4-18-14/h3-4,7-8,13H,5-6,9-10H2,1-2H3,(H,19,23). The van der Waals surface area contributed by atoms with Crippen molar-refractivity contribution in [3.8, 4) is 0 Å². The zero-order chi connectivity index (χ0) is 17.1. The van der Waals surface area contributed by atoms with E-state index >= 15 is 0 Å². The molecular weight excluding hydrogens is 308 g/mol. The van der Waals surface area contributed by atoms with Crippen LogP contribution in [0, 0.1) is 19.8 Å². The molecule has 0 spiro atoms. The molecule has 8 heteroatoms. The molecule has 1 saturated heterocycles. The van der Waals surface area contributed by atoms with E-state index in [9.17, 15) is 9.59 Å². The van der Waals surface area contributed by atoms with Gasteiger partial charge in [-0.1, -0.05) is 0 Å². The zero-order valence-corrected chi connectivity index (χ0v) is 13.8. The van der Waals surface area contributed by atoms with E-state index in [0.717, 1.165) is 11.4 Å². The Labute approximate surface area is 139 Å². The van der Waals surface area contributed by atoms with Crippen LogP contribution in [-0.4, -0.2) is 56.1 Å². The highest BCUT2D eigenvalue weighted by atomic mass is 16.2. The van der Waals surface area contributed by atoms with Gasteiger partial charge in [-0.2, -0.15) is 5.10 Å². The summed E-state index contributed by atoms with van der Waals surface area (Å²) in [5.41, 5.74) is 2.35. The van der Waals surface area contributed by atoms with Gasteiger partial charge in [-0.25, -0.2) is 4.98 Å². The molecule has 0 unspecified atom stereocenters. The number of hydrogen-bond donors (Lipinski definition) is 1. The fraction of sp³-hybridized carbons (Fsp3) is 0.438. The molecule has 1 N–H and O–H groups in total. The van der Waals surface area contributed by atoms with E-state index in [0.29, 0.717) is 31.9 Å². The van der Waals surface area contributed by atoms with Gasteiger partial charge in [0.1, 0.15) is 5.69 Å². The number of hydrogen-bond acceptors (Lipinski definition) is 5. The molecule has 0 saturated carbocycles. The summed E-state index contributed by atoms with van der Waals surface area (Å²) < 4.78 is 1.88. The van der Waals surface area contributed by atoms with Crippen molar-refractivity contribution in [2.75, 3.05) is 19.6 Å². The van der Waals surface area contributed by atoms with Crippen LogP contribution in [0.1, 0.15) is 21.9 Å². The lowest BCUT2D eigenvalue weighted by Gasteiger charge is -2.37. The molecule has 2 aromatic heterocycles. The molecule has 3 heterocycles. The molecule has 1 aliphatic heterocycles. The Bertz CT molecular complexity index is 736. The van der Waals surface area contributed by atoms with Gasteiger partial charge in [0.15, 0.2) is 0 Å². The van der Waals surface area contributed by atoms with Crippen molar-refractivity contribution >= 4 is 11.8 Å². The van der Waals surface area contributed by atoms with Gasteiger partial charge in [-0.05, 0) is 19.9 Å². The molecule has 3 rings (SSSR count). The maximum Gasteiger partial charge on any atom is 0.274 e. The van der Waals surface area contributed by atoms with E-state index in [4.69, 9.17) is 0 Å². The highest BCUT2D eigenvalue weighted by molar-refractivity contribution is 5.94. The SMILES string of the molecule is Cc1cc(C)n(CCNC(=O)C2CN(C(=O)c3cnccn3)C2)n1. The number of nitrogens with one attached hydrogen (secondary N) is 1. The van der Waals surface area contributed by atoms with Crippen molar-refractivity contribution in [2.24, 2.45) is 5.92 Å². The number of amides is 2. The molecule has 0 aliphatic carbocycles. The van der Waals surface area contributed by atoms with Crippen LogP contribution in [-0.2, 0) is 11.3 Å². The molecule has 2 amide bonds. The first-order chi connectivity index (χ1) is 11.5. The van der Waals surface area contributed by atoms with Crippen molar-refractivity contribution in [1.29, 1.82) is 0 Å². The first kappa shape index (κ1) is 16.1. The lowest BCUT2D eigenvalue weighted by atomic mass is 9.98. The summed E-state index contributed by atoms with van der Waals surface area (Å²) >= 11 is 0. The van der Waals surface area contributed by atoms with E-state index in [-0.39, 0.29) is 17.7 Å². The second-order valence-electron chi connectivity index (χ2n) is 5.94. The number of aryl methyl sites for hydroxylation is 2. The van der Waals surface area contributed by atoms with Crippen molar-refractivity contribution in [2.45, 2.75) is 20.4 Å². The number of likely N-dealkylation sites (tertiary alicyclic amines) is 1. The third-order valence-corrected chi connectivity index (χ3v) is 4.05. The van der Waals surface area contributed by atoms with Crippen LogP contribution in [0.2, 0.25) is 0 Å². The van der Waals surface area contributed by atoms with Gasteiger partial charge in [0, 0.05) is 37.7 Å². The van der Waals surface area contributed by atoms with Crippen LogP contribution in [0.4, 0.5) is 0 Å². The smallest absolute Gasteiger partial charge is 0.274 e. The minimum Gasteiger partial charge on any atom is -0.354 e. The van der Waals surface area contributed by atoms with Crippen molar-refractivity contribution in [3.05, 3.63) is 41.7 Å². The second-order valence-corrected chi connectivity index (χ2v) is 5.94. The summed E-state index contributed by atoms with van der Waals surface area (Å²) in [5, 5.41) is 7.26. The third-order valence-electron chi connectivity index (χ3n) is 4.05. The number of carbonyl (C=O) groups excluding carboxylic acids is 2. The number of nitrogens with zero attached hydrogens (tertiary/aromatic N) is 5. The van der Waals surface area contributed by atoms with Gasteiger partial charge in [0.2, 0.25) is 5.91 Å². The molecule has 0 bridgehead atoms. The van der Waals surface area contributed by atoms with Gasteiger partial charge in [0.25, 0.3) is 5.91 Å². The maximum absolute atomic E-state index is 12.1. The molecule has 0 aromatic carbocycles. The summed E-state index contributed by atoms with van der Waals surface area (Å²) in [6.07, 6.45) is 4.44. The average molecular weight is 328 g/mol. The summed E-state index contributed by atoms with van der Waals surface area (Å²) in [7, 11) is 0. The van der Waals surface area contributed by atoms with Crippen LogP contribution in [0.25, 0.3) is 0 Å². The fourth-order valence-electron chi connectivity index (χ4n) is 2.71. The predicted octanol–water partition coefficient (Wildman–Crippen LogP) is 0.178. The largest absolute Gasteiger partial charge is 0.354 e. The first-order valence-electron chi connectivity index (χ1n) is 7.88. The summed E-state index contributed by atoms with van der Waals surface area (Å²) in [4.78, 5) is 33.7. The zero-order valence-electron chi connectivity index (χ0n) is 13.8. The summed E-state index contributed by atoms with van der Waals surface area (Å²) in [6, 6.07) is 2.00. The fourth-order valence-corrected chi connectivity index (χ4v) is 2.71. The molecule has 24 heavy (non-hydrogen) atoms. The number of carbonyl (C=O) groups is 2. The average Bonchev–Trinajstić information content (AvgIpc) is 2.84. The van der Waals surface area contributed by atoms with Crippen LogP contribution >= 0.6 is 0 Å². The monoisotopic (exact) mass is 328 g/mol. The number of aromatic nitrogens is 4. The Hall–Kier alpha value is -2.77. The Morgan fingerprint density at radius 3 is 2.71 bits per heavy atom. The van der Waals surface area contributed by atoms with Gasteiger partial charge in [-0.15, -0.1) is 0 Å². The highest BCUT2D eigenvalue weighted by Crippen LogP contribution is 2.17. The van der Waals surface area contributed by atoms with Crippen molar-refractivity contribution in [3.63, 3.8) is 0 Å². The Morgan fingerprint density at radius 1 is 1.29 bits per heavy atom. The van der Waals surface area contributed by atoms with E-state index in [1.165, 1.54) is 18.6 Å². The third kappa shape index (κ3) is 3.42. The molecule has 126 valence electrons. The van der Waals surface area contributed by atoms with Crippen LogP contribution in [0.3, 0.4) is 0 Å². The Kier molecular flexibility index (Phi) is 4.54. The Morgan fingerprint density at radius 2 is 2.08 bits per heavy atom. The van der Waals surface area contributed by atoms with Crippen LogP contribution in [0.15, 0.2) is 24.7 Å². The van der Waals surface area contributed by atoms with E-state index in [1.807, 2.05) is 24.6 Å². The molecule has 1 aliphatic rings. The lowest BCUT2D eigenvalue weighted by Crippen LogP contribution is -2.56. The van der Waals surface area contributed by atoms with Gasteiger partial charge in [0.05, 0.1) is 24.4 Å². The molecule has 0 radical (unpaired) electrons. The van der Waals surface area contributed by atoms with Gasteiger partial charge >= 0.3 is 0 Å². The van der Waals surface area contributed by atoms with Crippen molar-refractivity contribution in [1.82, 2.24) is 30.0 Å².